The number of aliphatic hydroxyl groups is 2. The molecule has 0 aliphatic rings. The molecule has 0 aromatic heterocycles. The first kappa shape index (κ1) is 28.2. The quantitative estimate of drug-likeness (QED) is 0.131. The molecule has 0 bridgehead atoms. The fourth-order valence-corrected chi connectivity index (χ4v) is 4.72. The van der Waals surface area contributed by atoms with Gasteiger partial charge in [-0.1, -0.05) is 127 Å². The molecule has 0 aliphatic carbocycles. The van der Waals surface area contributed by atoms with Crippen molar-refractivity contribution in [1.29, 1.82) is 0 Å². The largest absolute Gasteiger partial charge is 0.507 e. The van der Waals surface area contributed by atoms with Gasteiger partial charge in [-0.15, -0.1) is 0 Å². The van der Waals surface area contributed by atoms with E-state index in [1.807, 2.05) is 0 Å². The minimum absolute atomic E-state index is 0.00646. The highest BCUT2D eigenvalue weighted by Crippen LogP contribution is 2.42. The first-order valence-electron chi connectivity index (χ1n) is 13.5. The molecule has 2 aromatic rings. The summed E-state index contributed by atoms with van der Waals surface area (Å²) >= 11 is 0. The molecule has 0 atom stereocenters. The monoisotopic (exact) mass is 470 g/mol. The SMILES string of the molecule is CCCCCCCCCCCCCCCCCC(O)(O)c1cccc(O)c1-c1ccccc1O. The number of rotatable bonds is 18. The summed E-state index contributed by atoms with van der Waals surface area (Å²) in [5.41, 5.74) is 0.880. The molecule has 0 aliphatic heterocycles. The van der Waals surface area contributed by atoms with E-state index in [1.54, 1.807) is 30.3 Å². The van der Waals surface area contributed by atoms with Gasteiger partial charge in [0.05, 0.1) is 0 Å². The zero-order chi connectivity index (χ0) is 24.7. The Morgan fingerprint density at radius 2 is 1.03 bits per heavy atom. The molecular weight excluding hydrogens is 424 g/mol. The highest BCUT2D eigenvalue weighted by molar-refractivity contribution is 5.78. The topological polar surface area (TPSA) is 80.9 Å². The molecule has 0 fully saturated rings. The van der Waals surface area contributed by atoms with Gasteiger partial charge in [0.15, 0.2) is 5.79 Å². The average Bonchev–Trinajstić information content (AvgIpc) is 2.82. The summed E-state index contributed by atoms with van der Waals surface area (Å²) in [6.45, 7) is 2.26. The molecule has 4 N–H and O–H groups in total. The lowest BCUT2D eigenvalue weighted by atomic mass is 9.90. The van der Waals surface area contributed by atoms with Crippen LogP contribution < -0.4 is 0 Å². The fourth-order valence-electron chi connectivity index (χ4n) is 4.72. The summed E-state index contributed by atoms with van der Waals surface area (Å²) in [4.78, 5) is 0. The molecule has 0 spiro atoms. The van der Waals surface area contributed by atoms with Crippen molar-refractivity contribution in [3.63, 3.8) is 0 Å². The van der Waals surface area contributed by atoms with Crippen LogP contribution in [0.2, 0.25) is 0 Å². The predicted molar refractivity (Wildman–Crippen MR) is 141 cm³/mol. The van der Waals surface area contributed by atoms with Crippen molar-refractivity contribution in [2.75, 3.05) is 0 Å². The number of para-hydroxylation sites is 1. The van der Waals surface area contributed by atoms with Gasteiger partial charge in [-0.25, -0.2) is 0 Å². The van der Waals surface area contributed by atoms with Crippen LogP contribution in [0.25, 0.3) is 11.1 Å². The number of aromatic hydroxyl groups is 2. The molecule has 0 saturated heterocycles. The van der Waals surface area contributed by atoms with Crippen molar-refractivity contribution in [2.24, 2.45) is 0 Å². The maximum atomic E-state index is 10.8. The van der Waals surface area contributed by atoms with Gasteiger partial charge in [0.1, 0.15) is 11.5 Å². The van der Waals surface area contributed by atoms with Gasteiger partial charge in [-0.2, -0.15) is 0 Å². The Morgan fingerprint density at radius 3 is 1.56 bits per heavy atom. The fraction of sp³-hybridized carbons (Fsp3) is 0.600. The zero-order valence-corrected chi connectivity index (χ0v) is 21.1. The van der Waals surface area contributed by atoms with Crippen molar-refractivity contribution >= 4 is 0 Å². The molecule has 4 nitrogen and oxygen atoms in total. The molecule has 190 valence electrons. The van der Waals surface area contributed by atoms with Crippen LogP contribution in [0.5, 0.6) is 11.5 Å². The maximum absolute atomic E-state index is 10.8. The van der Waals surface area contributed by atoms with E-state index in [9.17, 15) is 20.4 Å². The minimum atomic E-state index is -2.06. The Hall–Kier alpha value is -2.04. The van der Waals surface area contributed by atoms with Crippen molar-refractivity contribution < 1.29 is 20.4 Å². The number of unbranched alkanes of at least 4 members (excludes halogenated alkanes) is 14. The van der Waals surface area contributed by atoms with Crippen LogP contribution >= 0.6 is 0 Å². The molecule has 34 heavy (non-hydrogen) atoms. The lowest BCUT2D eigenvalue weighted by Gasteiger charge is -2.26. The molecule has 0 unspecified atom stereocenters. The Bertz CT molecular complexity index is 815. The van der Waals surface area contributed by atoms with Gasteiger partial charge in [0.25, 0.3) is 0 Å². The summed E-state index contributed by atoms with van der Waals surface area (Å²) < 4.78 is 0. The molecule has 0 radical (unpaired) electrons. The number of phenolic OH excluding ortho intramolecular Hbond substituents is 2. The Kier molecular flexibility index (Phi) is 13.1. The molecule has 0 saturated carbocycles. The van der Waals surface area contributed by atoms with Gasteiger partial charge in [-0.3, -0.25) is 0 Å². The van der Waals surface area contributed by atoms with E-state index in [-0.39, 0.29) is 29.0 Å². The summed E-state index contributed by atoms with van der Waals surface area (Å²) in [5.74, 6) is -2.15. The van der Waals surface area contributed by atoms with Crippen LogP contribution in [0, 0.1) is 0 Å². The number of hydrogen-bond acceptors (Lipinski definition) is 4. The summed E-state index contributed by atoms with van der Waals surface area (Å²) in [6.07, 6.45) is 19.0. The van der Waals surface area contributed by atoms with Crippen LogP contribution in [0.4, 0.5) is 0 Å². The van der Waals surface area contributed by atoms with Crippen molar-refractivity contribution in [1.82, 2.24) is 0 Å². The van der Waals surface area contributed by atoms with Gasteiger partial charge in [0.2, 0.25) is 0 Å². The Labute approximate surface area is 206 Å². The van der Waals surface area contributed by atoms with Crippen LogP contribution in [-0.2, 0) is 5.79 Å². The summed E-state index contributed by atoms with van der Waals surface area (Å²) in [5, 5.41) is 42.2. The molecule has 0 amide bonds. The second-order valence-electron chi connectivity index (χ2n) is 9.73. The van der Waals surface area contributed by atoms with E-state index in [2.05, 4.69) is 6.92 Å². The highest BCUT2D eigenvalue weighted by atomic mass is 16.5. The second kappa shape index (κ2) is 15.8. The minimum Gasteiger partial charge on any atom is -0.507 e. The smallest absolute Gasteiger partial charge is 0.190 e. The predicted octanol–water partition coefficient (Wildman–Crippen LogP) is 8.16. The standard InChI is InChI=1S/C30H46O4/c1-2-3-4-5-6-7-8-9-10-11-12-13-14-15-18-24-30(33,34)26-21-19-23-28(32)29(26)25-20-16-17-22-27(25)31/h16-17,19-23,31-34H,2-15,18,24H2,1H3. The van der Waals surface area contributed by atoms with Crippen LogP contribution in [0.1, 0.15) is 115 Å². The van der Waals surface area contributed by atoms with Crippen molar-refractivity contribution in [3.05, 3.63) is 48.0 Å². The van der Waals surface area contributed by atoms with E-state index < -0.39 is 5.79 Å². The average molecular weight is 471 g/mol. The van der Waals surface area contributed by atoms with E-state index in [4.69, 9.17) is 0 Å². The number of benzene rings is 2. The molecular formula is C30H46O4. The first-order valence-corrected chi connectivity index (χ1v) is 13.5. The van der Waals surface area contributed by atoms with Crippen molar-refractivity contribution in [2.45, 2.75) is 115 Å². The van der Waals surface area contributed by atoms with Gasteiger partial charge < -0.3 is 20.4 Å². The molecule has 0 heterocycles. The van der Waals surface area contributed by atoms with Crippen LogP contribution in [0.15, 0.2) is 42.5 Å². The third kappa shape index (κ3) is 9.68. The Balaban J connectivity index is 1.65. The normalized spacial score (nSPS) is 11.7. The lowest BCUT2D eigenvalue weighted by molar-refractivity contribution is -0.175. The third-order valence-electron chi connectivity index (χ3n) is 6.78. The van der Waals surface area contributed by atoms with Gasteiger partial charge in [-0.05, 0) is 18.6 Å². The van der Waals surface area contributed by atoms with E-state index in [0.717, 1.165) is 12.8 Å². The maximum Gasteiger partial charge on any atom is 0.190 e. The second-order valence-corrected chi connectivity index (χ2v) is 9.73. The van der Waals surface area contributed by atoms with E-state index >= 15 is 0 Å². The lowest BCUT2D eigenvalue weighted by Crippen LogP contribution is -2.25. The molecule has 2 aromatic carbocycles. The summed E-state index contributed by atoms with van der Waals surface area (Å²) in [6, 6.07) is 11.3. The molecule has 2 rings (SSSR count). The van der Waals surface area contributed by atoms with Gasteiger partial charge >= 0.3 is 0 Å². The number of phenols is 2. The van der Waals surface area contributed by atoms with E-state index in [0.29, 0.717) is 12.0 Å². The van der Waals surface area contributed by atoms with Crippen molar-refractivity contribution in [3.8, 4) is 22.6 Å². The summed E-state index contributed by atoms with van der Waals surface area (Å²) in [7, 11) is 0. The van der Waals surface area contributed by atoms with Crippen LogP contribution in [0.3, 0.4) is 0 Å². The van der Waals surface area contributed by atoms with E-state index in [1.165, 1.54) is 89.2 Å². The highest BCUT2D eigenvalue weighted by Gasteiger charge is 2.30. The Morgan fingerprint density at radius 1 is 0.559 bits per heavy atom. The first-order chi connectivity index (χ1) is 16.5. The van der Waals surface area contributed by atoms with Crippen LogP contribution in [-0.4, -0.2) is 20.4 Å². The zero-order valence-electron chi connectivity index (χ0n) is 21.1. The molecule has 4 heteroatoms. The number of hydrogen-bond donors (Lipinski definition) is 4. The van der Waals surface area contributed by atoms with Gasteiger partial charge in [0, 0.05) is 23.1 Å². The third-order valence-corrected chi connectivity index (χ3v) is 6.78.